The number of nitrogens with one attached hydrogen (secondary N) is 1. The number of hydrogen-bond donors (Lipinski definition) is 2. The number of carboxylic acid groups (broad SMARTS) is 1. The lowest BCUT2D eigenvalue weighted by atomic mass is 9.99. The molecule has 2 amide bonds. The smallest absolute Gasteiger partial charge is 0.336 e. The molecule has 2 aromatic rings. The van der Waals surface area contributed by atoms with E-state index in [1.54, 1.807) is 23.9 Å². The van der Waals surface area contributed by atoms with Crippen LogP contribution in [-0.4, -0.2) is 27.5 Å². The molecule has 1 aliphatic heterocycles. The Morgan fingerprint density at radius 1 is 1.33 bits per heavy atom. The van der Waals surface area contributed by atoms with Gasteiger partial charge in [-0.2, -0.15) is 0 Å². The molecule has 0 saturated carbocycles. The highest BCUT2D eigenvalue weighted by Gasteiger charge is 2.34. The number of aryl methyl sites for hydroxylation is 1. The number of nitrogens with zero attached hydrogens (tertiary/aromatic N) is 1. The molecule has 0 bridgehead atoms. The Balaban J connectivity index is 0.00000133. The maximum absolute atomic E-state index is 11.7. The molecule has 3 rings (SSSR count). The van der Waals surface area contributed by atoms with Crippen molar-refractivity contribution in [3.63, 3.8) is 0 Å². The van der Waals surface area contributed by atoms with Crippen LogP contribution in [0.15, 0.2) is 18.3 Å². The van der Waals surface area contributed by atoms with Gasteiger partial charge in [-0.3, -0.25) is 14.9 Å². The zero-order chi connectivity index (χ0) is 13.0. The van der Waals surface area contributed by atoms with Gasteiger partial charge in [-0.25, -0.2) is 4.79 Å². The monoisotopic (exact) mass is 246 g/mol. The van der Waals surface area contributed by atoms with Crippen LogP contribution in [0.5, 0.6) is 0 Å². The number of carbonyl (C=O) groups excluding carboxylic acids is 2. The van der Waals surface area contributed by atoms with Crippen molar-refractivity contribution in [2.75, 3.05) is 0 Å². The van der Waals surface area contributed by atoms with E-state index in [-0.39, 0.29) is 18.1 Å². The molecule has 1 aromatic heterocycles. The van der Waals surface area contributed by atoms with Gasteiger partial charge in [-0.1, -0.05) is 0 Å². The van der Waals surface area contributed by atoms with Crippen LogP contribution in [0.1, 0.15) is 32.5 Å². The lowest BCUT2D eigenvalue weighted by molar-refractivity contribution is 0.0691. The van der Waals surface area contributed by atoms with E-state index in [4.69, 9.17) is 5.11 Å². The normalized spacial score (nSPS) is 13.8. The Morgan fingerprint density at radius 3 is 2.67 bits per heavy atom. The highest BCUT2D eigenvalue weighted by atomic mass is 16.4. The van der Waals surface area contributed by atoms with Crippen molar-refractivity contribution in [2.24, 2.45) is 7.05 Å². The molecule has 0 fully saturated rings. The van der Waals surface area contributed by atoms with Gasteiger partial charge in [-0.15, -0.1) is 0 Å². The van der Waals surface area contributed by atoms with E-state index in [1.807, 2.05) is 0 Å². The van der Waals surface area contributed by atoms with Crippen LogP contribution in [0.3, 0.4) is 0 Å². The van der Waals surface area contributed by atoms with Gasteiger partial charge in [0, 0.05) is 25.6 Å². The lowest BCUT2D eigenvalue weighted by Gasteiger charge is -2.04. The van der Waals surface area contributed by atoms with Crippen molar-refractivity contribution in [2.45, 2.75) is 0 Å². The molecule has 1 aliphatic rings. The molecule has 2 heterocycles. The van der Waals surface area contributed by atoms with Gasteiger partial charge in [0.2, 0.25) is 0 Å². The van der Waals surface area contributed by atoms with Gasteiger partial charge in [0.15, 0.2) is 0 Å². The molecule has 6 heteroatoms. The molecule has 0 saturated heterocycles. The minimum absolute atomic E-state index is 0. The van der Waals surface area contributed by atoms with E-state index in [0.717, 1.165) is 0 Å². The molecule has 2 N–H and O–H groups in total. The second-order valence-corrected chi connectivity index (χ2v) is 4.12. The molecule has 92 valence electrons. The Morgan fingerprint density at radius 2 is 2.00 bits per heavy atom. The molecule has 0 radical (unpaired) electrons. The fraction of sp³-hybridized carbons (Fsp3) is 0.0833. The first-order valence-electron chi connectivity index (χ1n) is 5.21. The summed E-state index contributed by atoms with van der Waals surface area (Å²) in [6.07, 6.45) is 1.71. The van der Waals surface area contributed by atoms with Crippen molar-refractivity contribution in [1.82, 2.24) is 9.88 Å². The van der Waals surface area contributed by atoms with Gasteiger partial charge < -0.3 is 9.67 Å². The number of aromatic carboxylic acids is 1. The first-order chi connectivity index (χ1) is 8.50. The Kier molecular flexibility index (Phi) is 1.87. The Hall–Kier alpha value is -2.63. The number of amides is 2. The molecule has 0 unspecified atom stereocenters. The zero-order valence-electron chi connectivity index (χ0n) is 9.35. The summed E-state index contributed by atoms with van der Waals surface area (Å²) < 4.78 is 1.71. The van der Waals surface area contributed by atoms with Crippen LogP contribution >= 0.6 is 0 Å². The van der Waals surface area contributed by atoms with E-state index >= 15 is 0 Å². The van der Waals surface area contributed by atoms with Gasteiger partial charge in [0.05, 0.1) is 16.7 Å². The Labute approximate surface area is 102 Å². The van der Waals surface area contributed by atoms with Gasteiger partial charge in [0.25, 0.3) is 11.8 Å². The number of fused-ring (bicyclic) bond motifs is 3. The Bertz CT molecular complexity index is 748. The van der Waals surface area contributed by atoms with E-state index < -0.39 is 17.8 Å². The molecule has 0 spiro atoms. The molecule has 6 nitrogen and oxygen atoms in total. The fourth-order valence-electron chi connectivity index (χ4n) is 2.28. The quantitative estimate of drug-likeness (QED) is 0.735. The second-order valence-electron chi connectivity index (χ2n) is 4.12. The summed E-state index contributed by atoms with van der Waals surface area (Å²) in [5.74, 6) is -2.42. The van der Waals surface area contributed by atoms with E-state index in [0.29, 0.717) is 10.9 Å². The van der Waals surface area contributed by atoms with Crippen LogP contribution in [-0.2, 0) is 7.05 Å². The lowest BCUT2D eigenvalue weighted by Crippen LogP contribution is -2.20. The van der Waals surface area contributed by atoms with Gasteiger partial charge in [0.1, 0.15) is 0 Å². The van der Waals surface area contributed by atoms with Gasteiger partial charge in [-0.05, 0) is 12.1 Å². The predicted molar refractivity (Wildman–Crippen MR) is 63.8 cm³/mol. The summed E-state index contributed by atoms with van der Waals surface area (Å²) in [5, 5.41) is 11.9. The SMILES string of the molecule is Cn1ccc2c3c(c(C(=O)O)cc21)C(=O)NC3=O.[HH]. The third kappa shape index (κ3) is 1.14. The first kappa shape index (κ1) is 10.5. The summed E-state index contributed by atoms with van der Waals surface area (Å²) >= 11 is 0. The summed E-state index contributed by atoms with van der Waals surface area (Å²) in [6, 6.07) is 3.10. The number of carbonyl (C=O) groups is 3. The molecular weight excluding hydrogens is 236 g/mol. The number of rotatable bonds is 1. The van der Waals surface area contributed by atoms with Crippen molar-refractivity contribution < 1.29 is 20.9 Å². The van der Waals surface area contributed by atoms with Crippen LogP contribution < -0.4 is 5.32 Å². The number of carboxylic acids is 1. The third-order valence-corrected chi connectivity index (χ3v) is 3.10. The third-order valence-electron chi connectivity index (χ3n) is 3.10. The minimum atomic E-state index is -1.22. The maximum Gasteiger partial charge on any atom is 0.336 e. The summed E-state index contributed by atoms with van der Waals surface area (Å²) in [7, 11) is 1.75. The zero-order valence-corrected chi connectivity index (χ0v) is 9.35. The van der Waals surface area contributed by atoms with Crippen LogP contribution in [0.4, 0.5) is 0 Å². The van der Waals surface area contributed by atoms with Gasteiger partial charge >= 0.3 is 5.97 Å². The van der Waals surface area contributed by atoms with E-state index in [2.05, 4.69) is 5.32 Å². The van der Waals surface area contributed by atoms with E-state index in [1.165, 1.54) is 6.07 Å². The van der Waals surface area contributed by atoms with Crippen LogP contribution in [0.2, 0.25) is 0 Å². The highest BCUT2D eigenvalue weighted by molar-refractivity contribution is 6.29. The summed E-state index contributed by atoms with van der Waals surface area (Å²) in [4.78, 5) is 34.6. The molecular formula is C12H10N2O4. The van der Waals surface area contributed by atoms with Crippen molar-refractivity contribution >= 4 is 28.7 Å². The number of benzene rings is 1. The largest absolute Gasteiger partial charge is 0.478 e. The first-order valence-corrected chi connectivity index (χ1v) is 5.21. The molecule has 1 aromatic carbocycles. The summed E-state index contributed by atoms with van der Waals surface area (Å²) in [5.41, 5.74) is 0.556. The topological polar surface area (TPSA) is 88.4 Å². The number of imide groups is 1. The summed E-state index contributed by atoms with van der Waals surface area (Å²) in [6.45, 7) is 0. The predicted octanol–water partition coefficient (Wildman–Crippen LogP) is 1.01. The van der Waals surface area contributed by atoms with Crippen LogP contribution in [0.25, 0.3) is 10.9 Å². The second kappa shape index (κ2) is 3.19. The van der Waals surface area contributed by atoms with Crippen molar-refractivity contribution in [3.05, 3.63) is 35.0 Å². The number of hydrogen-bond acceptors (Lipinski definition) is 3. The van der Waals surface area contributed by atoms with Crippen molar-refractivity contribution in [3.8, 4) is 0 Å². The average Bonchev–Trinajstić information content (AvgIpc) is 2.80. The fourth-order valence-corrected chi connectivity index (χ4v) is 2.28. The molecule has 0 aliphatic carbocycles. The van der Waals surface area contributed by atoms with E-state index in [9.17, 15) is 14.4 Å². The maximum atomic E-state index is 11.7. The van der Waals surface area contributed by atoms with Crippen LogP contribution in [0, 0.1) is 0 Å². The molecule has 18 heavy (non-hydrogen) atoms. The highest BCUT2D eigenvalue weighted by Crippen LogP contribution is 2.29. The van der Waals surface area contributed by atoms with Crippen molar-refractivity contribution in [1.29, 1.82) is 0 Å². The standard InChI is InChI=1S/C12H8N2O4.H2/c1-14-3-2-5-7(14)4-6(12(17)18)9-8(5)10(15)13-11(9)16;/h2-4H,1H3,(H,17,18)(H,13,15,16);1H. The number of aromatic nitrogens is 1. The minimum Gasteiger partial charge on any atom is -0.478 e. The average molecular weight is 246 g/mol. The molecule has 0 atom stereocenters.